The molecule has 0 saturated heterocycles. The normalized spacial score (nSPS) is 19.2. The summed E-state index contributed by atoms with van der Waals surface area (Å²) in [4.78, 5) is 14.9. The maximum Gasteiger partial charge on any atom is 0.219 e. The van der Waals surface area contributed by atoms with Gasteiger partial charge in [-0.05, 0) is 25.0 Å². The third-order valence-corrected chi connectivity index (χ3v) is 7.78. The van der Waals surface area contributed by atoms with E-state index in [0.29, 0.717) is 50.8 Å². The molecule has 0 saturated carbocycles. The molecule has 160 valence electrons. The van der Waals surface area contributed by atoms with E-state index in [-0.39, 0.29) is 17.2 Å². The molecule has 10 heteroatoms. The molecule has 1 aliphatic carbocycles. The van der Waals surface area contributed by atoms with E-state index in [0.717, 1.165) is 10.0 Å². The first-order valence-electron chi connectivity index (χ1n) is 9.73. The van der Waals surface area contributed by atoms with E-state index in [1.807, 2.05) is 0 Å². The number of thioether (sulfide) groups is 1. The van der Waals surface area contributed by atoms with E-state index in [9.17, 15) is 10.1 Å². The van der Waals surface area contributed by atoms with Crippen LogP contribution >= 0.6 is 46.3 Å². The first-order chi connectivity index (χ1) is 14.8. The molecule has 2 N–H and O–H groups in total. The number of hydrogen-bond donors (Lipinski definition) is 1. The second-order valence-corrected chi connectivity index (χ2v) is 11.1. The van der Waals surface area contributed by atoms with Crippen molar-refractivity contribution < 1.29 is 4.79 Å². The summed E-state index contributed by atoms with van der Waals surface area (Å²) in [6.07, 6.45) is 1.72. The topological polar surface area (TPSA) is 95.9 Å². The van der Waals surface area contributed by atoms with Crippen LogP contribution in [0.5, 0.6) is 0 Å². The van der Waals surface area contributed by atoms with E-state index in [1.165, 1.54) is 11.3 Å². The molecule has 1 aromatic heterocycles. The number of nitrogens with two attached hydrogens (primary N) is 1. The van der Waals surface area contributed by atoms with Gasteiger partial charge in [-0.1, -0.05) is 66.2 Å². The Bertz CT molecular complexity index is 1140. The molecule has 1 atom stereocenters. The zero-order chi connectivity index (χ0) is 22.3. The van der Waals surface area contributed by atoms with E-state index >= 15 is 0 Å². The number of nitriles is 1. The molecular weight excluding hydrogens is 473 g/mol. The maximum absolute atomic E-state index is 13.2. The Morgan fingerprint density at radius 2 is 2.00 bits per heavy atom. The molecule has 31 heavy (non-hydrogen) atoms. The molecule has 0 fully saturated rings. The van der Waals surface area contributed by atoms with Gasteiger partial charge in [-0.25, -0.2) is 0 Å². The third-order valence-electron chi connectivity index (χ3n) is 5.13. The molecule has 2 aliphatic rings. The van der Waals surface area contributed by atoms with Gasteiger partial charge < -0.3 is 5.73 Å². The Hall–Kier alpha value is -2.05. The molecule has 0 radical (unpaired) electrons. The summed E-state index contributed by atoms with van der Waals surface area (Å²) in [6, 6.07) is 7.35. The first kappa shape index (κ1) is 22.2. The zero-order valence-corrected chi connectivity index (χ0v) is 20.0. The Morgan fingerprint density at radius 1 is 1.29 bits per heavy atom. The van der Waals surface area contributed by atoms with E-state index in [2.05, 4.69) is 30.1 Å². The molecule has 0 amide bonds. The fourth-order valence-electron chi connectivity index (χ4n) is 3.92. The quantitative estimate of drug-likeness (QED) is 0.551. The Kier molecular flexibility index (Phi) is 6.31. The van der Waals surface area contributed by atoms with Gasteiger partial charge in [-0.3, -0.25) is 9.69 Å². The molecule has 1 aromatic carbocycles. The summed E-state index contributed by atoms with van der Waals surface area (Å²) in [5.41, 5.74) is 8.56. The van der Waals surface area contributed by atoms with Crippen LogP contribution in [0.1, 0.15) is 44.6 Å². The SMILES string of the molecule is CC(C)Sc1nnc(N2C(N)=C(C#N)C(c3c(Cl)cccc3Cl)C3=C2CCCC3=O)s1. The van der Waals surface area contributed by atoms with Gasteiger partial charge in [-0.2, -0.15) is 5.26 Å². The predicted octanol–water partition coefficient (Wildman–Crippen LogP) is 5.65. The number of nitrogens with zero attached hydrogens (tertiary/aromatic N) is 4. The van der Waals surface area contributed by atoms with Crippen LogP contribution in [0, 0.1) is 11.3 Å². The molecular formula is C21H19Cl2N5OS2. The summed E-state index contributed by atoms with van der Waals surface area (Å²) < 4.78 is 0.803. The summed E-state index contributed by atoms with van der Waals surface area (Å²) in [7, 11) is 0. The zero-order valence-electron chi connectivity index (χ0n) is 16.9. The van der Waals surface area contributed by atoms with Crippen LogP contribution in [-0.4, -0.2) is 21.2 Å². The van der Waals surface area contributed by atoms with Crippen LogP contribution in [0.25, 0.3) is 0 Å². The van der Waals surface area contributed by atoms with Crippen LogP contribution < -0.4 is 10.6 Å². The lowest BCUT2D eigenvalue weighted by molar-refractivity contribution is -0.116. The molecule has 0 bridgehead atoms. The number of Topliss-reactive ketones (excluding diaryl/α,β-unsaturated/α-hetero) is 1. The first-order valence-corrected chi connectivity index (χ1v) is 12.2. The maximum atomic E-state index is 13.2. The number of benzene rings is 1. The highest BCUT2D eigenvalue weighted by Crippen LogP contribution is 2.49. The van der Waals surface area contributed by atoms with E-state index in [4.69, 9.17) is 28.9 Å². The summed E-state index contributed by atoms with van der Waals surface area (Å²) in [5, 5.41) is 20.3. The van der Waals surface area contributed by atoms with Crippen LogP contribution in [0.4, 0.5) is 5.13 Å². The fourth-order valence-corrected chi connectivity index (χ4v) is 6.64. The Balaban J connectivity index is 1.93. The van der Waals surface area contributed by atoms with Crippen LogP contribution in [0.2, 0.25) is 10.0 Å². The summed E-state index contributed by atoms with van der Waals surface area (Å²) in [6.45, 7) is 4.15. The number of rotatable bonds is 4. The van der Waals surface area contributed by atoms with Crippen LogP contribution in [0.3, 0.4) is 0 Å². The third kappa shape index (κ3) is 3.96. The van der Waals surface area contributed by atoms with Crippen molar-refractivity contribution in [3.05, 3.63) is 56.5 Å². The van der Waals surface area contributed by atoms with Gasteiger partial charge >= 0.3 is 0 Å². The number of allylic oxidation sites excluding steroid dienone is 3. The molecule has 2 heterocycles. The van der Waals surface area contributed by atoms with Crippen molar-refractivity contribution in [2.24, 2.45) is 5.73 Å². The molecule has 4 rings (SSSR count). The number of hydrogen-bond acceptors (Lipinski definition) is 8. The number of aromatic nitrogens is 2. The van der Waals surface area contributed by atoms with Gasteiger partial charge in [0.2, 0.25) is 5.13 Å². The number of halogens is 2. The highest BCUT2D eigenvalue weighted by atomic mass is 35.5. The Labute approximate surface area is 198 Å². The highest BCUT2D eigenvalue weighted by Gasteiger charge is 2.42. The smallest absolute Gasteiger partial charge is 0.219 e. The minimum absolute atomic E-state index is 0.0335. The lowest BCUT2D eigenvalue weighted by atomic mass is 9.75. The molecule has 0 spiro atoms. The number of carbonyl (C=O) groups excluding carboxylic acids is 1. The second-order valence-electron chi connectivity index (χ2n) is 7.47. The molecule has 2 aromatic rings. The number of carbonyl (C=O) groups is 1. The average Bonchev–Trinajstić information content (AvgIpc) is 3.15. The van der Waals surface area contributed by atoms with Gasteiger partial charge in [0, 0.05) is 38.5 Å². The highest BCUT2D eigenvalue weighted by molar-refractivity contribution is 8.01. The van der Waals surface area contributed by atoms with Crippen molar-refractivity contribution in [2.75, 3.05) is 4.90 Å². The van der Waals surface area contributed by atoms with Crippen LogP contribution in [-0.2, 0) is 4.79 Å². The van der Waals surface area contributed by atoms with Gasteiger partial charge in [0.1, 0.15) is 5.82 Å². The van der Waals surface area contributed by atoms with Crippen molar-refractivity contribution in [1.82, 2.24) is 10.2 Å². The molecule has 1 aliphatic heterocycles. The minimum Gasteiger partial charge on any atom is -0.384 e. The van der Waals surface area contributed by atoms with Gasteiger partial charge in [0.05, 0.1) is 17.6 Å². The Morgan fingerprint density at radius 3 is 2.65 bits per heavy atom. The lowest BCUT2D eigenvalue weighted by Crippen LogP contribution is -2.38. The summed E-state index contributed by atoms with van der Waals surface area (Å²) in [5.74, 6) is -0.509. The second kappa shape index (κ2) is 8.83. The van der Waals surface area contributed by atoms with Crippen LogP contribution in [0.15, 0.2) is 45.2 Å². The number of ketones is 1. The van der Waals surface area contributed by atoms with E-state index in [1.54, 1.807) is 34.9 Å². The standard InChI is InChI=1S/C21H19Cl2N5OS2/c1-10(2)30-21-27-26-20(31-21)28-14-7-4-8-15(29)18(14)16(11(9-24)19(28)25)17-12(22)5-3-6-13(17)23/h3,5-6,10,16H,4,7-8,25H2,1-2H3. The average molecular weight is 492 g/mol. The largest absolute Gasteiger partial charge is 0.384 e. The molecule has 6 nitrogen and oxygen atoms in total. The van der Waals surface area contributed by atoms with Crippen molar-refractivity contribution in [2.45, 2.75) is 48.6 Å². The van der Waals surface area contributed by atoms with Gasteiger partial charge in [-0.15, -0.1) is 10.2 Å². The van der Waals surface area contributed by atoms with Crippen molar-refractivity contribution in [3.8, 4) is 6.07 Å². The predicted molar refractivity (Wildman–Crippen MR) is 125 cm³/mol. The van der Waals surface area contributed by atoms with Crippen molar-refractivity contribution in [3.63, 3.8) is 0 Å². The number of anilines is 1. The van der Waals surface area contributed by atoms with Gasteiger partial charge in [0.25, 0.3) is 0 Å². The summed E-state index contributed by atoms with van der Waals surface area (Å²) >= 11 is 16.0. The van der Waals surface area contributed by atoms with Crippen molar-refractivity contribution in [1.29, 1.82) is 5.26 Å². The van der Waals surface area contributed by atoms with Crippen molar-refractivity contribution >= 4 is 57.2 Å². The monoisotopic (exact) mass is 491 g/mol. The van der Waals surface area contributed by atoms with Gasteiger partial charge in [0.15, 0.2) is 10.1 Å². The van der Waals surface area contributed by atoms with E-state index < -0.39 is 5.92 Å². The minimum atomic E-state index is -0.706. The molecule has 1 unspecified atom stereocenters. The lowest BCUT2D eigenvalue weighted by Gasteiger charge is -2.38. The fraction of sp³-hybridized carbons (Fsp3) is 0.333.